The molecule has 2 atom stereocenters. The Morgan fingerprint density at radius 2 is 1.71 bits per heavy atom. The minimum atomic E-state index is -3.89. The Bertz CT molecular complexity index is 817. The molecule has 0 spiro atoms. The third-order valence-electron chi connectivity index (χ3n) is 4.26. The van der Waals surface area contributed by atoms with Gasteiger partial charge in [-0.1, -0.05) is 0 Å². The highest BCUT2D eigenvalue weighted by molar-refractivity contribution is 7.89. The third kappa shape index (κ3) is 3.46. The van der Waals surface area contributed by atoms with Crippen molar-refractivity contribution in [3.63, 3.8) is 0 Å². The zero-order chi connectivity index (χ0) is 18.1. The summed E-state index contributed by atoms with van der Waals surface area (Å²) in [4.78, 5) is 11.2. The Morgan fingerprint density at radius 3 is 2.21 bits per heavy atom. The molecule has 8 nitrogen and oxygen atoms in total. The second kappa shape index (κ2) is 6.79. The van der Waals surface area contributed by atoms with E-state index in [9.17, 15) is 26.7 Å². The molecule has 0 aliphatic carbocycles. The Morgan fingerprint density at radius 1 is 1.17 bits per heavy atom. The maximum Gasteiger partial charge on any atom is 0.308 e. The van der Waals surface area contributed by atoms with Gasteiger partial charge in [0, 0.05) is 12.6 Å². The lowest BCUT2D eigenvalue weighted by molar-refractivity contribution is -0.144. The van der Waals surface area contributed by atoms with E-state index in [-0.39, 0.29) is 16.3 Å². The average Bonchev–Trinajstić information content (AvgIpc) is 2.54. The number of carboxylic acids is 1. The Balaban J connectivity index is 2.35. The fourth-order valence-corrected chi connectivity index (χ4v) is 5.26. The first-order chi connectivity index (χ1) is 11.1. The van der Waals surface area contributed by atoms with Gasteiger partial charge in [0.15, 0.2) is 0 Å². The first-order valence-electron chi connectivity index (χ1n) is 7.39. The minimum absolute atomic E-state index is 0.0425. The number of nitrogens with one attached hydrogen (secondary N) is 1. The van der Waals surface area contributed by atoms with Gasteiger partial charge >= 0.3 is 5.97 Å². The summed E-state index contributed by atoms with van der Waals surface area (Å²) in [5.74, 6) is -1.77. The second-order valence-electron chi connectivity index (χ2n) is 5.62. The van der Waals surface area contributed by atoms with Crippen LogP contribution in [0.3, 0.4) is 0 Å². The van der Waals surface area contributed by atoms with Crippen LogP contribution in [0, 0.1) is 5.92 Å². The van der Waals surface area contributed by atoms with E-state index in [1.165, 1.54) is 35.6 Å². The minimum Gasteiger partial charge on any atom is -0.481 e. The molecule has 0 amide bonds. The smallest absolute Gasteiger partial charge is 0.308 e. The fraction of sp³-hybridized carbons (Fsp3) is 0.500. The lowest BCUT2D eigenvalue weighted by atomic mass is 9.92. The van der Waals surface area contributed by atoms with Crippen LogP contribution in [-0.4, -0.2) is 51.9 Å². The van der Waals surface area contributed by atoms with Crippen molar-refractivity contribution in [2.45, 2.75) is 35.6 Å². The van der Waals surface area contributed by atoms with Gasteiger partial charge in [-0.2, -0.15) is 4.31 Å². The summed E-state index contributed by atoms with van der Waals surface area (Å²) in [6, 6.07) is 4.19. The molecule has 0 aromatic heterocycles. The number of carboxylic acid groups (broad SMARTS) is 1. The Hall–Kier alpha value is -1.49. The fourth-order valence-electron chi connectivity index (χ4n) is 2.83. The average molecular weight is 376 g/mol. The van der Waals surface area contributed by atoms with E-state index in [0.717, 1.165) is 0 Å². The van der Waals surface area contributed by atoms with Gasteiger partial charge in [-0.25, -0.2) is 21.6 Å². The SMILES string of the molecule is CNS(=O)(=O)c1ccc(S(=O)(=O)N2CCC[C@H](C(=O)O)[C@@H]2C)cc1. The molecule has 0 radical (unpaired) electrons. The number of hydrogen-bond donors (Lipinski definition) is 2. The molecule has 0 bridgehead atoms. The highest BCUT2D eigenvalue weighted by atomic mass is 32.2. The third-order valence-corrected chi connectivity index (χ3v) is 7.69. The molecule has 1 aliphatic rings. The summed E-state index contributed by atoms with van der Waals surface area (Å²) in [5.41, 5.74) is 0. The van der Waals surface area contributed by atoms with Crippen molar-refractivity contribution < 1.29 is 26.7 Å². The van der Waals surface area contributed by atoms with Gasteiger partial charge in [0.2, 0.25) is 20.0 Å². The number of nitrogens with zero attached hydrogens (tertiary/aromatic N) is 1. The highest BCUT2D eigenvalue weighted by Gasteiger charge is 2.39. The number of rotatable bonds is 5. The summed E-state index contributed by atoms with van der Waals surface area (Å²) in [7, 11) is -6.28. The molecule has 2 N–H and O–H groups in total. The molecule has 1 heterocycles. The Kier molecular flexibility index (Phi) is 5.33. The van der Waals surface area contributed by atoms with Crippen molar-refractivity contribution in [3.05, 3.63) is 24.3 Å². The van der Waals surface area contributed by atoms with Crippen LogP contribution in [0.4, 0.5) is 0 Å². The van der Waals surface area contributed by atoms with E-state index >= 15 is 0 Å². The number of carbonyl (C=O) groups is 1. The van der Waals surface area contributed by atoms with Crippen LogP contribution in [0.1, 0.15) is 19.8 Å². The van der Waals surface area contributed by atoms with E-state index in [4.69, 9.17) is 0 Å². The first-order valence-corrected chi connectivity index (χ1v) is 10.3. The van der Waals surface area contributed by atoms with E-state index in [0.29, 0.717) is 12.8 Å². The van der Waals surface area contributed by atoms with Gasteiger partial charge in [-0.3, -0.25) is 4.79 Å². The molecular weight excluding hydrogens is 356 g/mol. The summed E-state index contributed by atoms with van der Waals surface area (Å²) in [6.45, 7) is 1.82. The zero-order valence-electron chi connectivity index (χ0n) is 13.3. The number of piperidine rings is 1. The lowest BCUT2D eigenvalue weighted by Gasteiger charge is -2.36. The second-order valence-corrected chi connectivity index (χ2v) is 9.40. The van der Waals surface area contributed by atoms with Crippen molar-refractivity contribution >= 4 is 26.0 Å². The van der Waals surface area contributed by atoms with Crippen molar-refractivity contribution in [2.24, 2.45) is 5.92 Å². The molecule has 10 heteroatoms. The predicted octanol–water partition coefficient (Wildman–Crippen LogP) is 0.469. The molecule has 134 valence electrons. The summed E-state index contributed by atoms with van der Waals surface area (Å²) in [6.07, 6.45) is 0.897. The molecular formula is C14H20N2O6S2. The van der Waals surface area contributed by atoms with E-state index < -0.39 is 38.0 Å². The van der Waals surface area contributed by atoms with Crippen LogP contribution in [0.15, 0.2) is 34.1 Å². The maximum absolute atomic E-state index is 12.8. The van der Waals surface area contributed by atoms with Crippen molar-refractivity contribution in [3.8, 4) is 0 Å². The molecule has 0 saturated carbocycles. The van der Waals surface area contributed by atoms with Gasteiger partial charge in [0.25, 0.3) is 0 Å². The number of sulfonamides is 2. The van der Waals surface area contributed by atoms with Crippen LogP contribution >= 0.6 is 0 Å². The molecule has 1 fully saturated rings. The maximum atomic E-state index is 12.8. The van der Waals surface area contributed by atoms with Gasteiger partial charge in [0.1, 0.15) is 0 Å². The van der Waals surface area contributed by atoms with Crippen molar-refractivity contribution in [1.29, 1.82) is 0 Å². The van der Waals surface area contributed by atoms with Crippen molar-refractivity contribution in [1.82, 2.24) is 9.03 Å². The number of aliphatic carboxylic acids is 1. The van der Waals surface area contributed by atoms with Crippen LogP contribution in [0.2, 0.25) is 0 Å². The van der Waals surface area contributed by atoms with E-state index in [2.05, 4.69) is 4.72 Å². The quantitative estimate of drug-likeness (QED) is 0.770. The molecule has 1 aromatic carbocycles. The summed E-state index contributed by atoms with van der Waals surface area (Å²) in [5, 5.41) is 9.22. The molecule has 2 rings (SSSR count). The molecule has 0 unspecified atom stereocenters. The van der Waals surface area contributed by atoms with Crippen molar-refractivity contribution in [2.75, 3.05) is 13.6 Å². The molecule has 1 aliphatic heterocycles. The van der Waals surface area contributed by atoms with Gasteiger partial charge < -0.3 is 5.11 Å². The molecule has 24 heavy (non-hydrogen) atoms. The molecule has 1 aromatic rings. The van der Waals surface area contributed by atoms with Gasteiger partial charge in [0.05, 0.1) is 15.7 Å². The highest BCUT2D eigenvalue weighted by Crippen LogP contribution is 2.29. The Labute approximate surface area is 141 Å². The zero-order valence-corrected chi connectivity index (χ0v) is 15.0. The van der Waals surface area contributed by atoms with E-state index in [1.807, 2.05) is 0 Å². The number of hydrogen-bond acceptors (Lipinski definition) is 5. The summed E-state index contributed by atoms with van der Waals surface area (Å²) < 4.78 is 52.3. The topological polar surface area (TPSA) is 121 Å². The monoisotopic (exact) mass is 376 g/mol. The lowest BCUT2D eigenvalue weighted by Crippen LogP contribution is -2.48. The van der Waals surface area contributed by atoms with Gasteiger partial charge in [-0.15, -0.1) is 0 Å². The van der Waals surface area contributed by atoms with Crippen LogP contribution in [0.25, 0.3) is 0 Å². The largest absolute Gasteiger partial charge is 0.481 e. The van der Waals surface area contributed by atoms with Crippen LogP contribution < -0.4 is 4.72 Å². The predicted molar refractivity (Wildman–Crippen MR) is 86.4 cm³/mol. The summed E-state index contributed by atoms with van der Waals surface area (Å²) >= 11 is 0. The number of benzene rings is 1. The van der Waals surface area contributed by atoms with Gasteiger partial charge in [-0.05, 0) is 51.1 Å². The normalized spacial score (nSPS) is 23.1. The molecule has 1 saturated heterocycles. The first kappa shape index (κ1) is 18.8. The van der Waals surface area contributed by atoms with Crippen LogP contribution in [0.5, 0.6) is 0 Å². The van der Waals surface area contributed by atoms with E-state index in [1.54, 1.807) is 6.92 Å². The van der Waals surface area contributed by atoms with Crippen LogP contribution in [-0.2, 0) is 24.8 Å². The standard InChI is InChI=1S/C14H20N2O6S2/c1-10-13(14(17)18)4-3-9-16(10)24(21,22)12-7-5-11(6-8-12)23(19,20)15-2/h5-8,10,13,15H,3-4,9H2,1-2H3,(H,17,18)/t10-,13-/m0/s1.